The maximum absolute atomic E-state index is 11.5. The topological polar surface area (TPSA) is 66.8 Å². The van der Waals surface area contributed by atoms with Crippen LogP contribution in [0.1, 0.15) is 32.6 Å². The molecule has 2 fully saturated rings. The van der Waals surface area contributed by atoms with Gasteiger partial charge < -0.3 is 14.7 Å². The van der Waals surface area contributed by atoms with E-state index in [0.717, 1.165) is 12.8 Å². The lowest BCUT2D eigenvalue weighted by Crippen LogP contribution is -2.45. The number of carbonyl (C=O) groups is 2. The normalized spacial score (nSPS) is 33.6. The van der Waals surface area contributed by atoms with Crippen molar-refractivity contribution in [3.05, 3.63) is 0 Å². The summed E-state index contributed by atoms with van der Waals surface area (Å²) >= 11 is 0. The van der Waals surface area contributed by atoms with Crippen LogP contribution in [0.2, 0.25) is 0 Å². The van der Waals surface area contributed by atoms with Crippen molar-refractivity contribution in [2.24, 2.45) is 11.3 Å². The van der Waals surface area contributed by atoms with Crippen LogP contribution in [0.3, 0.4) is 0 Å². The Labute approximate surface area is 101 Å². The zero-order valence-electron chi connectivity index (χ0n) is 10.1. The minimum Gasteiger partial charge on any atom is -0.481 e. The van der Waals surface area contributed by atoms with Crippen LogP contribution in [0.15, 0.2) is 0 Å². The first-order valence-electron chi connectivity index (χ1n) is 6.19. The third kappa shape index (κ3) is 2.37. The summed E-state index contributed by atoms with van der Waals surface area (Å²) < 4.78 is 4.85. The van der Waals surface area contributed by atoms with Gasteiger partial charge in [-0.25, -0.2) is 4.79 Å². The van der Waals surface area contributed by atoms with E-state index in [-0.39, 0.29) is 6.09 Å². The first kappa shape index (κ1) is 12.2. The van der Waals surface area contributed by atoms with E-state index in [9.17, 15) is 14.7 Å². The van der Waals surface area contributed by atoms with E-state index in [0.29, 0.717) is 38.5 Å². The molecule has 0 spiro atoms. The first-order chi connectivity index (χ1) is 8.03. The fraction of sp³-hybridized carbons (Fsp3) is 0.833. The Bertz CT molecular complexity index is 320. The molecule has 17 heavy (non-hydrogen) atoms. The van der Waals surface area contributed by atoms with Gasteiger partial charge in [-0.1, -0.05) is 6.92 Å². The highest BCUT2D eigenvalue weighted by molar-refractivity contribution is 5.77. The highest BCUT2D eigenvalue weighted by Crippen LogP contribution is 2.40. The molecule has 0 aromatic carbocycles. The Morgan fingerprint density at radius 1 is 1.53 bits per heavy atom. The molecule has 2 aliphatic rings. The largest absolute Gasteiger partial charge is 0.481 e. The van der Waals surface area contributed by atoms with Crippen molar-refractivity contribution >= 4 is 12.1 Å². The minimum absolute atomic E-state index is 0.299. The second-order valence-electron chi connectivity index (χ2n) is 5.30. The van der Waals surface area contributed by atoms with E-state index in [1.165, 1.54) is 4.90 Å². The molecule has 96 valence electrons. The van der Waals surface area contributed by atoms with E-state index in [4.69, 9.17) is 4.74 Å². The fourth-order valence-electron chi connectivity index (χ4n) is 2.69. The van der Waals surface area contributed by atoms with Gasteiger partial charge in [-0.05, 0) is 31.6 Å². The monoisotopic (exact) mass is 241 g/mol. The molecule has 0 bridgehead atoms. The van der Waals surface area contributed by atoms with Crippen LogP contribution in [0.25, 0.3) is 0 Å². The van der Waals surface area contributed by atoms with Crippen LogP contribution >= 0.6 is 0 Å². The highest BCUT2D eigenvalue weighted by Gasteiger charge is 2.44. The Morgan fingerprint density at radius 3 is 2.65 bits per heavy atom. The fourth-order valence-corrected chi connectivity index (χ4v) is 2.69. The summed E-state index contributed by atoms with van der Waals surface area (Å²) in [7, 11) is 0. The average Bonchev–Trinajstić information content (AvgIpc) is 2.68. The number of rotatable bonds is 3. The summed E-state index contributed by atoms with van der Waals surface area (Å²) in [6.45, 7) is 3.35. The third-order valence-electron chi connectivity index (χ3n) is 4.02. The van der Waals surface area contributed by atoms with Crippen LogP contribution in [0, 0.1) is 11.3 Å². The predicted octanol–water partition coefficient (Wildman–Crippen LogP) is 1.72. The molecular weight excluding hydrogens is 222 g/mol. The van der Waals surface area contributed by atoms with Crippen LogP contribution in [-0.4, -0.2) is 41.8 Å². The maximum atomic E-state index is 11.5. The number of carboxylic acids is 1. The number of aliphatic carboxylic acids is 1. The van der Waals surface area contributed by atoms with Crippen LogP contribution in [0.4, 0.5) is 4.79 Å². The lowest BCUT2D eigenvalue weighted by Gasteiger charge is -2.37. The molecule has 0 unspecified atom stereocenters. The third-order valence-corrected chi connectivity index (χ3v) is 4.02. The lowest BCUT2D eigenvalue weighted by molar-refractivity contribution is -0.152. The van der Waals surface area contributed by atoms with Crippen LogP contribution in [-0.2, 0) is 9.53 Å². The maximum Gasteiger partial charge on any atom is 0.409 e. The molecule has 1 saturated heterocycles. The average molecular weight is 241 g/mol. The van der Waals surface area contributed by atoms with Crippen LogP contribution < -0.4 is 0 Å². The molecule has 1 aliphatic heterocycles. The number of hydrogen-bond acceptors (Lipinski definition) is 3. The number of cyclic esters (lactones) is 1. The van der Waals surface area contributed by atoms with Gasteiger partial charge in [0, 0.05) is 6.54 Å². The van der Waals surface area contributed by atoms with Gasteiger partial charge in [0.1, 0.15) is 6.61 Å². The summed E-state index contributed by atoms with van der Waals surface area (Å²) in [5.74, 6) is -0.183. The smallest absolute Gasteiger partial charge is 0.409 e. The Hall–Kier alpha value is -1.26. The van der Waals surface area contributed by atoms with Gasteiger partial charge in [0.15, 0.2) is 0 Å². The van der Waals surface area contributed by atoms with Gasteiger partial charge in [-0.3, -0.25) is 4.79 Å². The number of amides is 1. The standard InChI is InChI=1S/C12H19NO4/c1-9-2-4-12(5-3-9,10(14)15)8-13-6-7-17-11(13)16/h9H,2-8H2,1H3,(H,14,15). The summed E-state index contributed by atoms with van der Waals surface area (Å²) in [5, 5.41) is 9.44. The van der Waals surface area contributed by atoms with Crippen LogP contribution in [0.5, 0.6) is 0 Å². The van der Waals surface area contributed by atoms with Gasteiger partial charge in [0.2, 0.25) is 0 Å². The van der Waals surface area contributed by atoms with E-state index >= 15 is 0 Å². The number of carbonyl (C=O) groups excluding carboxylic acids is 1. The van der Waals surface area contributed by atoms with E-state index in [1.807, 2.05) is 0 Å². The first-order valence-corrected chi connectivity index (χ1v) is 6.19. The second-order valence-corrected chi connectivity index (χ2v) is 5.30. The molecule has 1 saturated carbocycles. The lowest BCUT2D eigenvalue weighted by atomic mass is 9.70. The molecule has 2 rings (SSSR count). The molecule has 5 nitrogen and oxygen atoms in total. The predicted molar refractivity (Wildman–Crippen MR) is 60.6 cm³/mol. The Balaban J connectivity index is 2.07. The summed E-state index contributed by atoms with van der Waals surface area (Å²) in [5.41, 5.74) is -0.754. The van der Waals surface area contributed by atoms with Crippen molar-refractivity contribution in [3.8, 4) is 0 Å². The Kier molecular flexibility index (Phi) is 3.26. The van der Waals surface area contributed by atoms with Gasteiger partial charge in [-0.2, -0.15) is 0 Å². The van der Waals surface area contributed by atoms with Gasteiger partial charge in [-0.15, -0.1) is 0 Å². The zero-order chi connectivity index (χ0) is 12.5. The summed E-state index contributed by atoms with van der Waals surface area (Å²) in [6, 6.07) is 0. The molecule has 1 N–H and O–H groups in total. The molecule has 1 amide bonds. The summed E-state index contributed by atoms with van der Waals surface area (Å²) in [4.78, 5) is 24.4. The second kappa shape index (κ2) is 4.55. The summed E-state index contributed by atoms with van der Waals surface area (Å²) in [6.07, 6.45) is 2.80. The molecule has 0 aromatic rings. The molecule has 5 heteroatoms. The van der Waals surface area contributed by atoms with Crippen molar-refractivity contribution < 1.29 is 19.4 Å². The van der Waals surface area contributed by atoms with E-state index in [2.05, 4.69) is 6.92 Å². The van der Waals surface area contributed by atoms with E-state index < -0.39 is 11.4 Å². The zero-order valence-corrected chi connectivity index (χ0v) is 10.1. The molecule has 0 aromatic heterocycles. The Morgan fingerprint density at radius 2 is 2.18 bits per heavy atom. The molecule has 1 aliphatic carbocycles. The molecule has 1 heterocycles. The SMILES string of the molecule is CC1CCC(CN2CCOC2=O)(C(=O)O)CC1. The quantitative estimate of drug-likeness (QED) is 0.817. The number of carboxylic acid groups (broad SMARTS) is 1. The minimum atomic E-state index is -0.774. The van der Waals surface area contributed by atoms with E-state index in [1.54, 1.807) is 0 Å². The van der Waals surface area contributed by atoms with Crippen molar-refractivity contribution in [1.82, 2.24) is 4.90 Å². The van der Waals surface area contributed by atoms with Crippen molar-refractivity contribution in [3.63, 3.8) is 0 Å². The van der Waals surface area contributed by atoms with Crippen molar-refractivity contribution in [2.75, 3.05) is 19.7 Å². The molecule has 0 radical (unpaired) electrons. The molecule has 0 atom stereocenters. The van der Waals surface area contributed by atoms with Crippen molar-refractivity contribution in [1.29, 1.82) is 0 Å². The number of nitrogens with zero attached hydrogens (tertiary/aromatic N) is 1. The number of hydrogen-bond donors (Lipinski definition) is 1. The number of ether oxygens (including phenoxy) is 1. The molecular formula is C12H19NO4. The highest BCUT2D eigenvalue weighted by atomic mass is 16.6. The van der Waals surface area contributed by atoms with Crippen molar-refractivity contribution in [2.45, 2.75) is 32.6 Å². The van der Waals surface area contributed by atoms with Gasteiger partial charge >= 0.3 is 12.1 Å². The van der Waals surface area contributed by atoms with Gasteiger partial charge in [0.05, 0.1) is 12.0 Å². The van der Waals surface area contributed by atoms with Gasteiger partial charge in [0.25, 0.3) is 0 Å².